The first-order chi connectivity index (χ1) is 9.58. The second kappa shape index (κ2) is 4.34. The molecule has 0 radical (unpaired) electrons. The molecule has 0 bridgehead atoms. The molecule has 0 aliphatic carbocycles. The molecule has 0 aliphatic heterocycles. The summed E-state index contributed by atoms with van der Waals surface area (Å²) in [6, 6.07) is 9.54. The highest BCUT2D eigenvalue weighted by atomic mass is 19.1. The minimum absolute atomic E-state index is 0.173. The maximum atomic E-state index is 13.8. The van der Waals surface area contributed by atoms with E-state index in [0.29, 0.717) is 5.69 Å². The van der Waals surface area contributed by atoms with Crippen molar-refractivity contribution in [2.75, 3.05) is 5.73 Å². The van der Waals surface area contributed by atoms with Crippen LogP contribution >= 0.6 is 0 Å². The van der Waals surface area contributed by atoms with Gasteiger partial charge in [0.15, 0.2) is 0 Å². The van der Waals surface area contributed by atoms with Crippen LogP contribution in [0.4, 0.5) is 10.1 Å². The molecule has 0 unspecified atom stereocenters. The summed E-state index contributed by atoms with van der Waals surface area (Å²) >= 11 is 0. The van der Waals surface area contributed by atoms with Crippen molar-refractivity contribution in [1.82, 2.24) is 9.55 Å². The maximum Gasteiger partial charge on any atom is 0.338 e. The van der Waals surface area contributed by atoms with E-state index in [1.807, 2.05) is 24.3 Å². The Kier molecular flexibility index (Phi) is 2.64. The monoisotopic (exact) mass is 271 g/mol. The molecule has 3 N–H and O–H groups in total. The van der Waals surface area contributed by atoms with Crippen LogP contribution in [0, 0.1) is 5.82 Å². The maximum absolute atomic E-state index is 13.8. The largest absolute Gasteiger partial charge is 0.478 e. The zero-order valence-corrected chi connectivity index (χ0v) is 10.2. The van der Waals surface area contributed by atoms with E-state index in [1.54, 1.807) is 4.57 Å². The molecule has 20 heavy (non-hydrogen) atoms. The smallest absolute Gasteiger partial charge is 0.338 e. The number of aromatic nitrogens is 2. The summed E-state index contributed by atoms with van der Waals surface area (Å²) in [5.41, 5.74) is 7.43. The summed E-state index contributed by atoms with van der Waals surface area (Å²) < 4.78 is 15.4. The normalized spacial score (nSPS) is 10.8. The van der Waals surface area contributed by atoms with Gasteiger partial charge in [-0.2, -0.15) is 0 Å². The molecule has 6 heteroatoms. The van der Waals surface area contributed by atoms with Crippen molar-refractivity contribution >= 4 is 22.7 Å². The molecule has 0 atom stereocenters. The lowest BCUT2D eigenvalue weighted by molar-refractivity contribution is 0.0692. The molecule has 1 heterocycles. The van der Waals surface area contributed by atoms with Crippen LogP contribution in [0.2, 0.25) is 0 Å². The van der Waals surface area contributed by atoms with Crippen molar-refractivity contribution in [2.24, 2.45) is 0 Å². The molecule has 0 fully saturated rings. The van der Waals surface area contributed by atoms with Gasteiger partial charge in [-0.25, -0.2) is 14.2 Å². The van der Waals surface area contributed by atoms with Crippen LogP contribution < -0.4 is 5.73 Å². The molecule has 2 aromatic carbocycles. The summed E-state index contributed by atoms with van der Waals surface area (Å²) in [5, 5.41) is 8.87. The number of nitrogens with two attached hydrogens (primary N) is 1. The number of benzene rings is 2. The number of rotatable bonds is 2. The van der Waals surface area contributed by atoms with Crippen LogP contribution in [-0.2, 0) is 0 Å². The zero-order valence-electron chi connectivity index (χ0n) is 10.2. The number of anilines is 1. The highest BCUT2D eigenvalue weighted by Gasteiger charge is 2.15. The first kappa shape index (κ1) is 12.2. The van der Waals surface area contributed by atoms with Gasteiger partial charge in [0.05, 0.1) is 28.0 Å². The number of halogens is 1. The standard InChI is InChI=1S/C14H10FN3O2/c15-9-6-13(10(16)5-8(9)14(19)20)18-7-17-11-3-1-2-4-12(11)18/h1-7H,16H2,(H,19,20). The molecule has 0 saturated carbocycles. The van der Waals surface area contributed by atoms with E-state index >= 15 is 0 Å². The van der Waals surface area contributed by atoms with Gasteiger partial charge < -0.3 is 10.8 Å². The van der Waals surface area contributed by atoms with Gasteiger partial charge in [0, 0.05) is 6.07 Å². The summed E-state index contributed by atoms with van der Waals surface area (Å²) in [6.07, 6.45) is 1.52. The molecule has 0 amide bonds. The van der Waals surface area contributed by atoms with Crippen molar-refractivity contribution < 1.29 is 14.3 Å². The van der Waals surface area contributed by atoms with E-state index in [1.165, 1.54) is 6.33 Å². The Hall–Kier alpha value is -2.89. The number of fused-ring (bicyclic) bond motifs is 1. The third-order valence-electron chi connectivity index (χ3n) is 3.06. The highest BCUT2D eigenvalue weighted by Crippen LogP contribution is 2.25. The lowest BCUT2D eigenvalue weighted by Gasteiger charge is -2.09. The Morgan fingerprint density at radius 2 is 2.05 bits per heavy atom. The molecule has 0 spiro atoms. The fourth-order valence-electron chi connectivity index (χ4n) is 2.10. The van der Waals surface area contributed by atoms with Gasteiger partial charge in [0.25, 0.3) is 0 Å². The van der Waals surface area contributed by atoms with E-state index in [0.717, 1.165) is 23.2 Å². The topological polar surface area (TPSA) is 81.1 Å². The zero-order chi connectivity index (χ0) is 14.3. The van der Waals surface area contributed by atoms with Crippen LogP contribution in [0.1, 0.15) is 10.4 Å². The molecule has 100 valence electrons. The first-order valence-corrected chi connectivity index (χ1v) is 5.82. The van der Waals surface area contributed by atoms with Crippen molar-refractivity contribution in [1.29, 1.82) is 0 Å². The Bertz CT molecular complexity index is 826. The van der Waals surface area contributed by atoms with Gasteiger partial charge in [-0.3, -0.25) is 4.57 Å². The van der Waals surface area contributed by atoms with E-state index < -0.39 is 17.3 Å². The summed E-state index contributed by atoms with van der Waals surface area (Å²) in [5.74, 6) is -2.18. The lowest BCUT2D eigenvalue weighted by Crippen LogP contribution is -2.06. The van der Waals surface area contributed by atoms with Crippen LogP contribution in [-0.4, -0.2) is 20.6 Å². The average Bonchev–Trinajstić information content (AvgIpc) is 2.84. The third kappa shape index (κ3) is 1.78. The molecule has 3 rings (SSSR count). The number of carboxylic acids is 1. The fourth-order valence-corrected chi connectivity index (χ4v) is 2.10. The van der Waals surface area contributed by atoms with Crippen molar-refractivity contribution in [3.8, 4) is 5.69 Å². The highest BCUT2D eigenvalue weighted by molar-refractivity contribution is 5.90. The second-order valence-corrected chi connectivity index (χ2v) is 4.30. The van der Waals surface area contributed by atoms with Gasteiger partial charge in [-0.15, -0.1) is 0 Å². The van der Waals surface area contributed by atoms with Crippen molar-refractivity contribution in [3.63, 3.8) is 0 Å². The van der Waals surface area contributed by atoms with Crippen LogP contribution in [0.3, 0.4) is 0 Å². The number of imidazole rings is 1. The predicted octanol–water partition coefficient (Wildman–Crippen LogP) is 2.45. The number of hydrogen-bond donors (Lipinski definition) is 2. The van der Waals surface area contributed by atoms with E-state index in [2.05, 4.69) is 4.98 Å². The Morgan fingerprint density at radius 3 is 2.80 bits per heavy atom. The molecular weight excluding hydrogens is 261 g/mol. The van der Waals surface area contributed by atoms with Crippen LogP contribution in [0.15, 0.2) is 42.7 Å². The SMILES string of the molecule is Nc1cc(C(=O)O)c(F)cc1-n1cnc2ccccc21. The van der Waals surface area contributed by atoms with Gasteiger partial charge in [0.2, 0.25) is 0 Å². The molecular formula is C14H10FN3O2. The molecule has 0 saturated heterocycles. The molecule has 1 aromatic heterocycles. The van der Waals surface area contributed by atoms with Crippen LogP contribution in [0.5, 0.6) is 0 Å². The number of nitrogen functional groups attached to an aromatic ring is 1. The van der Waals surface area contributed by atoms with Gasteiger partial charge >= 0.3 is 5.97 Å². The Labute approximate surface area is 113 Å². The van der Waals surface area contributed by atoms with E-state index in [9.17, 15) is 9.18 Å². The van der Waals surface area contributed by atoms with Gasteiger partial charge in [-0.1, -0.05) is 12.1 Å². The molecule has 0 aliphatic rings. The predicted molar refractivity (Wildman–Crippen MR) is 72.4 cm³/mol. The summed E-state index contributed by atoms with van der Waals surface area (Å²) in [6.45, 7) is 0. The average molecular weight is 271 g/mol. The third-order valence-corrected chi connectivity index (χ3v) is 3.06. The van der Waals surface area contributed by atoms with Gasteiger partial charge in [0.1, 0.15) is 12.1 Å². The summed E-state index contributed by atoms with van der Waals surface area (Å²) in [4.78, 5) is 15.1. The summed E-state index contributed by atoms with van der Waals surface area (Å²) in [7, 11) is 0. The molecule has 3 aromatic rings. The number of carboxylic acid groups (broad SMARTS) is 1. The van der Waals surface area contributed by atoms with Crippen molar-refractivity contribution in [2.45, 2.75) is 0 Å². The Balaban J connectivity index is 2.25. The minimum atomic E-state index is -1.35. The first-order valence-electron chi connectivity index (χ1n) is 5.82. The Morgan fingerprint density at radius 1 is 1.30 bits per heavy atom. The van der Waals surface area contributed by atoms with E-state index in [4.69, 9.17) is 10.8 Å². The number of aromatic carboxylic acids is 1. The fraction of sp³-hybridized carbons (Fsp3) is 0. The van der Waals surface area contributed by atoms with E-state index in [-0.39, 0.29) is 5.69 Å². The lowest BCUT2D eigenvalue weighted by atomic mass is 10.1. The number of carbonyl (C=O) groups is 1. The number of hydrogen-bond acceptors (Lipinski definition) is 3. The van der Waals surface area contributed by atoms with Gasteiger partial charge in [-0.05, 0) is 18.2 Å². The van der Waals surface area contributed by atoms with Crippen LogP contribution in [0.25, 0.3) is 16.7 Å². The quantitative estimate of drug-likeness (QED) is 0.701. The minimum Gasteiger partial charge on any atom is -0.478 e. The second-order valence-electron chi connectivity index (χ2n) is 4.30. The number of para-hydroxylation sites is 2. The van der Waals surface area contributed by atoms with Crippen molar-refractivity contribution in [3.05, 3.63) is 54.1 Å². The number of nitrogens with zero attached hydrogens (tertiary/aromatic N) is 2. The molecule has 5 nitrogen and oxygen atoms in total.